The molecule has 0 amide bonds. The van der Waals surface area contributed by atoms with Gasteiger partial charge in [0.15, 0.2) is 0 Å². The molecule has 0 radical (unpaired) electrons. The lowest BCUT2D eigenvalue weighted by Gasteiger charge is -1.87. The Balaban J connectivity index is 3.17. The van der Waals surface area contributed by atoms with Crippen molar-refractivity contribution in [2.75, 3.05) is 0 Å². The van der Waals surface area contributed by atoms with Gasteiger partial charge in [0.2, 0.25) is 0 Å². The lowest BCUT2D eigenvalue weighted by molar-refractivity contribution is 1.19. The van der Waals surface area contributed by atoms with Gasteiger partial charge in [0.25, 0.3) is 0 Å². The molecule has 0 atom stereocenters. The maximum Gasteiger partial charge on any atom is 0.113 e. The molecular formula is C6H5Cl3S. The lowest BCUT2D eigenvalue weighted by atomic mass is 10.4. The number of aryl methyl sites for hydroxylation is 1. The second kappa shape index (κ2) is 3.31. The first-order valence-electron chi connectivity index (χ1n) is 2.79. The first kappa shape index (κ1) is 8.66. The second-order valence-corrected chi connectivity index (χ2v) is 4.24. The van der Waals surface area contributed by atoms with Crippen LogP contribution in [0.1, 0.15) is 11.8 Å². The highest BCUT2D eigenvalue weighted by Gasteiger charge is 2.10. The summed E-state index contributed by atoms with van der Waals surface area (Å²) in [5.74, 6) is 0. The summed E-state index contributed by atoms with van der Waals surface area (Å²) < 4.78 is 0.587. The van der Waals surface area contributed by atoms with Crippen LogP contribution in [-0.4, -0.2) is 0 Å². The Bertz CT molecular complexity index is 241. The third kappa shape index (κ3) is 1.42. The van der Waals surface area contributed by atoms with Crippen LogP contribution >= 0.6 is 46.1 Å². The van der Waals surface area contributed by atoms with E-state index in [1.807, 2.05) is 6.92 Å². The third-order valence-corrected chi connectivity index (χ3v) is 3.90. The zero-order valence-electron chi connectivity index (χ0n) is 5.25. The summed E-state index contributed by atoms with van der Waals surface area (Å²) in [6.07, 6.45) is 0.885. The Hall–Kier alpha value is 0.570. The molecule has 0 unspecified atom stereocenters. The average molecular weight is 216 g/mol. The summed E-state index contributed by atoms with van der Waals surface area (Å²) in [5.41, 5.74) is 0. The van der Waals surface area contributed by atoms with Gasteiger partial charge in [-0.3, -0.25) is 0 Å². The molecule has 1 rings (SSSR count). The second-order valence-electron chi connectivity index (χ2n) is 1.78. The van der Waals surface area contributed by atoms with E-state index < -0.39 is 0 Å². The number of thiophene rings is 1. The van der Waals surface area contributed by atoms with Gasteiger partial charge < -0.3 is 0 Å². The van der Waals surface area contributed by atoms with Gasteiger partial charge in [0.1, 0.15) is 4.34 Å². The molecule has 56 valence electrons. The topological polar surface area (TPSA) is 0 Å². The summed E-state index contributed by atoms with van der Waals surface area (Å²) in [6.45, 7) is 2.02. The van der Waals surface area contributed by atoms with Crippen LogP contribution in [0.2, 0.25) is 14.4 Å². The molecule has 1 aromatic rings. The Morgan fingerprint density at radius 2 is 1.80 bits per heavy atom. The molecule has 0 nitrogen and oxygen atoms in total. The number of hydrogen-bond donors (Lipinski definition) is 0. The molecule has 0 aliphatic heterocycles. The molecule has 0 aliphatic carbocycles. The highest BCUT2D eigenvalue weighted by atomic mass is 35.5. The standard InChI is InChI=1S/C6H5Cl3S/c1-2-3-4(7)5(8)6(9)10-3/h2H2,1H3. The summed E-state index contributed by atoms with van der Waals surface area (Å²) in [4.78, 5) is 1.05. The van der Waals surface area contributed by atoms with Crippen LogP contribution in [0.5, 0.6) is 0 Å². The van der Waals surface area contributed by atoms with Gasteiger partial charge in [-0.25, -0.2) is 0 Å². The van der Waals surface area contributed by atoms with Gasteiger partial charge in [-0.05, 0) is 6.42 Å². The van der Waals surface area contributed by atoms with E-state index in [9.17, 15) is 0 Å². The van der Waals surface area contributed by atoms with Crippen molar-refractivity contribution in [3.63, 3.8) is 0 Å². The molecular weight excluding hydrogens is 210 g/mol. The molecule has 1 aromatic heterocycles. The number of halogens is 3. The van der Waals surface area contributed by atoms with Crippen molar-refractivity contribution in [2.45, 2.75) is 13.3 Å². The fraction of sp³-hybridized carbons (Fsp3) is 0.333. The minimum absolute atomic E-state index is 0.491. The van der Waals surface area contributed by atoms with Gasteiger partial charge in [-0.2, -0.15) is 0 Å². The summed E-state index contributed by atoms with van der Waals surface area (Å²) in [5, 5.41) is 1.10. The molecule has 0 spiro atoms. The van der Waals surface area contributed by atoms with Crippen molar-refractivity contribution in [1.29, 1.82) is 0 Å². The summed E-state index contributed by atoms with van der Waals surface area (Å²) >= 11 is 18.7. The van der Waals surface area contributed by atoms with Crippen LogP contribution in [-0.2, 0) is 6.42 Å². The molecule has 0 saturated heterocycles. The smallest absolute Gasteiger partial charge is 0.113 e. The minimum atomic E-state index is 0.491. The monoisotopic (exact) mass is 214 g/mol. The molecule has 10 heavy (non-hydrogen) atoms. The van der Waals surface area contributed by atoms with Crippen molar-refractivity contribution in [1.82, 2.24) is 0 Å². The predicted octanol–water partition coefficient (Wildman–Crippen LogP) is 4.27. The minimum Gasteiger partial charge on any atom is -0.125 e. The third-order valence-electron chi connectivity index (χ3n) is 1.14. The quantitative estimate of drug-likeness (QED) is 0.656. The van der Waals surface area contributed by atoms with E-state index in [0.717, 1.165) is 11.3 Å². The molecule has 0 N–H and O–H groups in total. The molecule has 0 aromatic carbocycles. The summed E-state index contributed by atoms with van der Waals surface area (Å²) in [6, 6.07) is 0. The van der Waals surface area contributed by atoms with Crippen molar-refractivity contribution < 1.29 is 0 Å². The van der Waals surface area contributed by atoms with Crippen molar-refractivity contribution in [3.05, 3.63) is 19.3 Å². The Morgan fingerprint density at radius 3 is 2.00 bits per heavy atom. The molecule has 0 aliphatic rings. The maximum absolute atomic E-state index is 5.81. The van der Waals surface area contributed by atoms with Crippen molar-refractivity contribution in [2.24, 2.45) is 0 Å². The van der Waals surface area contributed by atoms with Gasteiger partial charge >= 0.3 is 0 Å². The Morgan fingerprint density at radius 1 is 1.20 bits per heavy atom. The first-order valence-corrected chi connectivity index (χ1v) is 4.74. The predicted molar refractivity (Wildman–Crippen MR) is 48.7 cm³/mol. The average Bonchev–Trinajstić information content (AvgIpc) is 2.17. The fourth-order valence-electron chi connectivity index (χ4n) is 0.634. The van der Waals surface area contributed by atoms with E-state index in [1.165, 1.54) is 11.3 Å². The van der Waals surface area contributed by atoms with E-state index in [4.69, 9.17) is 34.8 Å². The Kier molecular flexibility index (Phi) is 2.87. The zero-order chi connectivity index (χ0) is 7.72. The molecule has 4 heteroatoms. The molecule has 0 fully saturated rings. The van der Waals surface area contributed by atoms with Crippen molar-refractivity contribution >= 4 is 46.1 Å². The highest BCUT2D eigenvalue weighted by Crippen LogP contribution is 2.40. The van der Waals surface area contributed by atoms with Gasteiger partial charge in [-0.1, -0.05) is 41.7 Å². The van der Waals surface area contributed by atoms with Crippen LogP contribution in [0.15, 0.2) is 0 Å². The van der Waals surface area contributed by atoms with E-state index >= 15 is 0 Å². The van der Waals surface area contributed by atoms with Crippen molar-refractivity contribution in [3.8, 4) is 0 Å². The van der Waals surface area contributed by atoms with Gasteiger partial charge in [-0.15, -0.1) is 11.3 Å². The zero-order valence-corrected chi connectivity index (χ0v) is 8.33. The van der Waals surface area contributed by atoms with Gasteiger partial charge in [0.05, 0.1) is 10.0 Å². The van der Waals surface area contributed by atoms with E-state index in [-0.39, 0.29) is 0 Å². The number of hydrogen-bond acceptors (Lipinski definition) is 1. The SMILES string of the molecule is CCc1sc(Cl)c(Cl)c1Cl. The van der Waals surface area contributed by atoms with E-state index in [0.29, 0.717) is 14.4 Å². The van der Waals surface area contributed by atoms with Crippen LogP contribution in [0.4, 0.5) is 0 Å². The lowest BCUT2D eigenvalue weighted by Crippen LogP contribution is -1.69. The van der Waals surface area contributed by atoms with E-state index in [2.05, 4.69) is 0 Å². The molecule has 1 heterocycles. The van der Waals surface area contributed by atoms with Crippen LogP contribution in [0.3, 0.4) is 0 Å². The molecule has 0 bridgehead atoms. The van der Waals surface area contributed by atoms with Crippen LogP contribution in [0.25, 0.3) is 0 Å². The Labute approximate surface area is 78.7 Å². The molecule has 0 saturated carbocycles. The van der Waals surface area contributed by atoms with E-state index in [1.54, 1.807) is 0 Å². The van der Waals surface area contributed by atoms with Gasteiger partial charge in [0, 0.05) is 4.88 Å². The fourth-order valence-corrected chi connectivity index (χ4v) is 2.49. The summed E-state index contributed by atoms with van der Waals surface area (Å²) in [7, 11) is 0. The van der Waals surface area contributed by atoms with Crippen LogP contribution in [0, 0.1) is 0 Å². The normalized spacial score (nSPS) is 10.4. The first-order chi connectivity index (χ1) is 4.66. The highest BCUT2D eigenvalue weighted by molar-refractivity contribution is 7.17. The largest absolute Gasteiger partial charge is 0.125 e. The maximum atomic E-state index is 5.81. The van der Waals surface area contributed by atoms with Crippen LogP contribution < -0.4 is 0 Å². The number of rotatable bonds is 1.